The van der Waals surface area contributed by atoms with Gasteiger partial charge in [0.25, 0.3) is 0 Å². The van der Waals surface area contributed by atoms with Crippen LogP contribution in [0.25, 0.3) is 11.3 Å². The summed E-state index contributed by atoms with van der Waals surface area (Å²) in [5.41, 5.74) is 6.41. The lowest BCUT2D eigenvalue weighted by Gasteiger charge is -2.04. The molecule has 0 saturated heterocycles. The first-order valence-corrected chi connectivity index (χ1v) is 4.78. The molecular weight excluding hydrogens is 222 g/mol. The molecular formula is C10H9N5O2. The summed E-state index contributed by atoms with van der Waals surface area (Å²) in [6.45, 7) is 1.53. The van der Waals surface area contributed by atoms with Crippen LogP contribution in [-0.4, -0.2) is 19.9 Å². The molecule has 0 saturated carbocycles. The molecule has 0 radical (unpaired) electrons. The van der Waals surface area contributed by atoms with Crippen molar-refractivity contribution in [1.29, 1.82) is 0 Å². The molecule has 2 N–H and O–H groups in total. The Bertz CT molecular complexity index is 570. The summed E-state index contributed by atoms with van der Waals surface area (Å²) >= 11 is 0. The van der Waals surface area contributed by atoms with Crippen LogP contribution in [0.4, 0.5) is 11.6 Å². The summed E-state index contributed by atoms with van der Waals surface area (Å²) in [7, 11) is 0. The summed E-state index contributed by atoms with van der Waals surface area (Å²) in [4.78, 5) is 22.0. The predicted molar refractivity (Wildman–Crippen MR) is 61.1 cm³/mol. The van der Waals surface area contributed by atoms with E-state index in [4.69, 9.17) is 5.73 Å². The van der Waals surface area contributed by atoms with Crippen molar-refractivity contribution in [3.63, 3.8) is 0 Å². The van der Waals surface area contributed by atoms with Crippen molar-refractivity contribution in [2.45, 2.75) is 6.92 Å². The van der Waals surface area contributed by atoms with Crippen molar-refractivity contribution in [3.8, 4) is 11.3 Å². The van der Waals surface area contributed by atoms with E-state index in [9.17, 15) is 10.1 Å². The van der Waals surface area contributed by atoms with Crippen LogP contribution in [0.5, 0.6) is 0 Å². The Balaban J connectivity index is 2.72. The maximum Gasteiger partial charge on any atom is 0.316 e. The van der Waals surface area contributed by atoms with Gasteiger partial charge in [-0.1, -0.05) is 0 Å². The Morgan fingerprint density at radius 2 is 1.94 bits per heavy atom. The lowest BCUT2D eigenvalue weighted by atomic mass is 10.1. The fraction of sp³-hybridized carbons (Fsp3) is 0.100. The van der Waals surface area contributed by atoms with Crippen LogP contribution >= 0.6 is 0 Å². The third-order valence-corrected chi connectivity index (χ3v) is 2.21. The number of pyridine rings is 1. The Morgan fingerprint density at radius 1 is 1.29 bits per heavy atom. The van der Waals surface area contributed by atoms with E-state index in [-0.39, 0.29) is 23.0 Å². The molecule has 2 rings (SSSR count). The monoisotopic (exact) mass is 231 g/mol. The highest BCUT2D eigenvalue weighted by Gasteiger charge is 2.22. The number of nitrogens with two attached hydrogens (primary N) is 1. The zero-order chi connectivity index (χ0) is 12.4. The van der Waals surface area contributed by atoms with E-state index in [1.165, 1.54) is 19.3 Å². The van der Waals surface area contributed by atoms with Crippen molar-refractivity contribution in [2.24, 2.45) is 0 Å². The fourth-order valence-corrected chi connectivity index (χ4v) is 1.52. The van der Waals surface area contributed by atoms with E-state index in [1.807, 2.05) is 0 Å². The van der Waals surface area contributed by atoms with Crippen LogP contribution in [0.15, 0.2) is 24.5 Å². The van der Waals surface area contributed by atoms with Gasteiger partial charge in [-0.05, 0) is 19.1 Å². The van der Waals surface area contributed by atoms with Gasteiger partial charge in [-0.25, -0.2) is 9.97 Å². The Hall–Kier alpha value is -2.57. The third-order valence-electron chi connectivity index (χ3n) is 2.21. The van der Waals surface area contributed by atoms with E-state index in [2.05, 4.69) is 15.0 Å². The zero-order valence-corrected chi connectivity index (χ0v) is 8.99. The molecule has 0 aliphatic heterocycles. The summed E-state index contributed by atoms with van der Waals surface area (Å²) < 4.78 is 0. The second-order valence-electron chi connectivity index (χ2n) is 3.36. The number of aryl methyl sites for hydroxylation is 1. The van der Waals surface area contributed by atoms with Gasteiger partial charge in [-0.15, -0.1) is 0 Å². The average molecular weight is 231 g/mol. The minimum Gasteiger partial charge on any atom is -0.368 e. The number of nitro groups is 1. The van der Waals surface area contributed by atoms with Crippen LogP contribution in [0.3, 0.4) is 0 Å². The first kappa shape index (κ1) is 10.9. The van der Waals surface area contributed by atoms with E-state index in [0.29, 0.717) is 5.56 Å². The molecule has 2 aromatic heterocycles. The molecule has 0 amide bonds. The van der Waals surface area contributed by atoms with Crippen molar-refractivity contribution in [3.05, 3.63) is 40.3 Å². The molecule has 7 nitrogen and oxygen atoms in total. The maximum absolute atomic E-state index is 11.0. The summed E-state index contributed by atoms with van der Waals surface area (Å²) in [6.07, 6.45) is 3.07. The van der Waals surface area contributed by atoms with Gasteiger partial charge in [0.2, 0.25) is 5.95 Å². The lowest BCUT2D eigenvalue weighted by molar-refractivity contribution is -0.385. The van der Waals surface area contributed by atoms with E-state index in [1.54, 1.807) is 12.1 Å². The molecule has 0 atom stereocenters. The number of nitrogen functional groups attached to an aromatic ring is 1. The van der Waals surface area contributed by atoms with E-state index in [0.717, 1.165) is 0 Å². The minimum absolute atomic E-state index is 0.0138. The molecule has 0 bridgehead atoms. The normalized spacial score (nSPS) is 10.2. The van der Waals surface area contributed by atoms with Crippen LogP contribution in [-0.2, 0) is 0 Å². The predicted octanol–water partition coefficient (Wildman–Crippen LogP) is 1.34. The van der Waals surface area contributed by atoms with Crippen molar-refractivity contribution >= 4 is 11.6 Å². The fourth-order valence-electron chi connectivity index (χ4n) is 1.52. The summed E-state index contributed by atoms with van der Waals surface area (Å²) in [6, 6.07) is 3.27. The van der Waals surface area contributed by atoms with E-state index < -0.39 is 4.92 Å². The molecule has 0 fully saturated rings. The van der Waals surface area contributed by atoms with Gasteiger partial charge < -0.3 is 5.73 Å². The average Bonchev–Trinajstić information content (AvgIpc) is 2.28. The number of nitrogens with zero attached hydrogens (tertiary/aromatic N) is 4. The van der Waals surface area contributed by atoms with E-state index >= 15 is 0 Å². The quantitative estimate of drug-likeness (QED) is 0.617. The molecule has 0 unspecified atom stereocenters. The maximum atomic E-state index is 11.0. The Labute approximate surface area is 96.5 Å². The third kappa shape index (κ3) is 2.03. The number of rotatable bonds is 2. The van der Waals surface area contributed by atoms with Gasteiger partial charge in [0.15, 0.2) is 5.69 Å². The largest absolute Gasteiger partial charge is 0.368 e. The van der Waals surface area contributed by atoms with Gasteiger partial charge >= 0.3 is 5.69 Å². The molecule has 17 heavy (non-hydrogen) atoms. The van der Waals surface area contributed by atoms with Gasteiger partial charge in [-0.3, -0.25) is 15.1 Å². The molecule has 86 valence electrons. The number of aromatic nitrogens is 3. The first-order chi connectivity index (χ1) is 8.09. The van der Waals surface area contributed by atoms with Gasteiger partial charge in [0.05, 0.1) is 4.92 Å². The van der Waals surface area contributed by atoms with Crippen molar-refractivity contribution in [1.82, 2.24) is 15.0 Å². The molecule has 0 spiro atoms. The summed E-state index contributed by atoms with van der Waals surface area (Å²) in [5, 5.41) is 11.0. The zero-order valence-electron chi connectivity index (χ0n) is 8.99. The van der Waals surface area contributed by atoms with Gasteiger partial charge in [-0.2, -0.15) is 0 Å². The second kappa shape index (κ2) is 4.12. The highest BCUT2D eigenvalue weighted by Crippen LogP contribution is 2.29. The highest BCUT2D eigenvalue weighted by atomic mass is 16.6. The number of anilines is 1. The molecule has 0 aliphatic carbocycles. The van der Waals surface area contributed by atoms with Crippen LogP contribution < -0.4 is 5.73 Å². The smallest absolute Gasteiger partial charge is 0.316 e. The molecule has 2 aromatic rings. The minimum atomic E-state index is -0.509. The second-order valence-corrected chi connectivity index (χ2v) is 3.36. The molecule has 0 aromatic carbocycles. The number of hydrogen-bond donors (Lipinski definition) is 1. The lowest BCUT2D eigenvalue weighted by Crippen LogP contribution is -2.04. The van der Waals surface area contributed by atoms with Crippen LogP contribution in [0, 0.1) is 17.0 Å². The Kier molecular flexibility index (Phi) is 2.65. The van der Waals surface area contributed by atoms with Gasteiger partial charge in [0, 0.05) is 18.0 Å². The highest BCUT2D eigenvalue weighted by molar-refractivity contribution is 5.71. The van der Waals surface area contributed by atoms with Crippen molar-refractivity contribution in [2.75, 3.05) is 5.73 Å². The van der Waals surface area contributed by atoms with Crippen LogP contribution in [0.1, 0.15) is 5.69 Å². The first-order valence-electron chi connectivity index (χ1n) is 4.78. The van der Waals surface area contributed by atoms with Crippen LogP contribution in [0.2, 0.25) is 0 Å². The topological polar surface area (TPSA) is 108 Å². The Morgan fingerprint density at radius 3 is 2.53 bits per heavy atom. The number of hydrogen-bond acceptors (Lipinski definition) is 6. The SMILES string of the molecule is Cc1nc(N)nc(-c2ccncc2)c1[N+](=O)[O-]. The van der Waals surface area contributed by atoms with Gasteiger partial charge in [0.1, 0.15) is 5.69 Å². The standard InChI is InChI=1S/C10H9N5O2/c1-6-9(15(16)17)8(14-10(11)13-6)7-2-4-12-5-3-7/h2-5H,1H3,(H2,11,13,14). The summed E-state index contributed by atoms with van der Waals surface area (Å²) in [5.74, 6) is 0.0138. The van der Waals surface area contributed by atoms with Crippen molar-refractivity contribution < 1.29 is 4.92 Å². The molecule has 0 aliphatic rings. The molecule has 2 heterocycles. The molecule has 7 heteroatoms.